The van der Waals surface area contributed by atoms with Crippen molar-refractivity contribution in [2.24, 2.45) is 0 Å². The number of rotatable bonds is 4. The zero-order valence-electron chi connectivity index (χ0n) is 15.7. The molecule has 2 rings (SSSR count). The molecule has 0 bridgehead atoms. The molecular formula is C21H29NO2. The van der Waals surface area contributed by atoms with Gasteiger partial charge in [-0.1, -0.05) is 39.8 Å². The van der Waals surface area contributed by atoms with Gasteiger partial charge in [-0.2, -0.15) is 0 Å². The predicted octanol–water partition coefficient (Wildman–Crippen LogP) is 4.33. The van der Waals surface area contributed by atoms with Gasteiger partial charge in [0.1, 0.15) is 0 Å². The number of aryl methyl sites for hydroxylation is 3. The smallest absolute Gasteiger partial charge is 0.253 e. The number of hydrogen-bond acceptors (Lipinski definition) is 2. The lowest BCUT2D eigenvalue weighted by atomic mass is 9.81. The number of aliphatic hydroxyl groups is 1. The van der Waals surface area contributed by atoms with E-state index in [0.29, 0.717) is 6.54 Å². The minimum absolute atomic E-state index is 0.00928. The van der Waals surface area contributed by atoms with Crippen LogP contribution in [0.25, 0.3) is 11.1 Å². The van der Waals surface area contributed by atoms with Crippen molar-refractivity contribution in [3.8, 4) is 11.1 Å². The third-order valence-corrected chi connectivity index (χ3v) is 4.47. The quantitative estimate of drug-likeness (QED) is 0.908. The van der Waals surface area contributed by atoms with Gasteiger partial charge < -0.3 is 9.67 Å². The third-order valence-electron chi connectivity index (χ3n) is 4.47. The molecule has 0 spiro atoms. The summed E-state index contributed by atoms with van der Waals surface area (Å²) in [6.07, 6.45) is 2.83. The fourth-order valence-corrected chi connectivity index (χ4v) is 3.30. The van der Waals surface area contributed by atoms with Crippen molar-refractivity contribution in [1.82, 2.24) is 4.57 Å². The van der Waals surface area contributed by atoms with E-state index in [1.165, 1.54) is 11.1 Å². The summed E-state index contributed by atoms with van der Waals surface area (Å²) in [5.74, 6) is 0. The van der Waals surface area contributed by atoms with Crippen LogP contribution in [0.5, 0.6) is 0 Å². The minimum atomic E-state index is -0.00928. The van der Waals surface area contributed by atoms with Gasteiger partial charge in [0.15, 0.2) is 0 Å². The summed E-state index contributed by atoms with van der Waals surface area (Å²) >= 11 is 0. The number of aliphatic hydroxyl groups excluding tert-OH is 1. The van der Waals surface area contributed by atoms with E-state index in [4.69, 9.17) is 0 Å². The lowest BCUT2D eigenvalue weighted by molar-refractivity contribution is 0.282. The van der Waals surface area contributed by atoms with Crippen LogP contribution < -0.4 is 5.56 Å². The molecule has 1 N–H and O–H groups in total. The molecule has 3 heteroatoms. The maximum absolute atomic E-state index is 12.3. The van der Waals surface area contributed by atoms with E-state index >= 15 is 0 Å². The van der Waals surface area contributed by atoms with Crippen LogP contribution in [-0.2, 0) is 18.6 Å². The van der Waals surface area contributed by atoms with Gasteiger partial charge in [-0.05, 0) is 59.6 Å². The van der Waals surface area contributed by atoms with Gasteiger partial charge in [-0.3, -0.25) is 4.79 Å². The number of aromatic nitrogens is 1. The molecule has 0 radical (unpaired) electrons. The van der Waals surface area contributed by atoms with Gasteiger partial charge in [0.25, 0.3) is 5.56 Å². The number of hydrogen-bond donors (Lipinski definition) is 1. The topological polar surface area (TPSA) is 42.2 Å². The van der Waals surface area contributed by atoms with Crippen LogP contribution in [0.2, 0.25) is 0 Å². The first-order valence-corrected chi connectivity index (χ1v) is 8.65. The van der Waals surface area contributed by atoms with Gasteiger partial charge in [0, 0.05) is 18.3 Å². The Hall–Kier alpha value is -1.87. The van der Waals surface area contributed by atoms with Crippen molar-refractivity contribution in [1.29, 1.82) is 0 Å². The maximum atomic E-state index is 12.3. The molecule has 1 aromatic carbocycles. The van der Waals surface area contributed by atoms with Crippen LogP contribution in [0.4, 0.5) is 0 Å². The molecule has 130 valence electrons. The number of benzene rings is 1. The molecule has 2 aromatic rings. The molecule has 0 atom stereocenters. The molecule has 1 aromatic heterocycles. The summed E-state index contributed by atoms with van der Waals surface area (Å²) < 4.78 is 1.78. The zero-order valence-corrected chi connectivity index (χ0v) is 15.7. The summed E-state index contributed by atoms with van der Waals surface area (Å²) in [5, 5.41) is 9.89. The average Bonchev–Trinajstić information content (AvgIpc) is 2.50. The van der Waals surface area contributed by atoms with Crippen LogP contribution in [0, 0.1) is 13.8 Å². The Labute approximate surface area is 145 Å². The molecule has 0 fully saturated rings. The largest absolute Gasteiger partial charge is 0.392 e. The van der Waals surface area contributed by atoms with Crippen LogP contribution >= 0.6 is 0 Å². The molecule has 0 unspecified atom stereocenters. The Morgan fingerprint density at radius 2 is 1.75 bits per heavy atom. The van der Waals surface area contributed by atoms with Crippen molar-refractivity contribution >= 4 is 0 Å². The highest BCUT2D eigenvalue weighted by molar-refractivity contribution is 5.69. The molecule has 3 nitrogen and oxygen atoms in total. The predicted molar refractivity (Wildman–Crippen MR) is 101 cm³/mol. The standard InChI is InChI=1S/C21H29NO2/c1-7-8-22-12-16(9-15(3)20(22)24)18-10-14(2)19(21(4,5)6)11-17(18)13-23/h9-12,23H,7-8,13H2,1-6H3. The van der Waals surface area contributed by atoms with E-state index < -0.39 is 0 Å². The summed E-state index contributed by atoms with van der Waals surface area (Å²) in [4.78, 5) is 12.3. The Balaban J connectivity index is 2.69. The highest BCUT2D eigenvalue weighted by Crippen LogP contribution is 2.33. The highest BCUT2D eigenvalue weighted by Gasteiger charge is 2.19. The molecule has 1 heterocycles. The van der Waals surface area contributed by atoms with Crippen molar-refractivity contribution in [2.45, 2.75) is 66.5 Å². The summed E-state index contributed by atoms with van der Waals surface area (Å²) in [6.45, 7) is 13.3. The Bertz CT molecular complexity index is 795. The SMILES string of the molecule is CCCn1cc(-c2cc(C)c(C(C)(C)C)cc2CO)cc(C)c1=O. The second-order valence-electron chi connectivity index (χ2n) is 7.64. The van der Waals surface area contributed by atoms with E-state index in [0.717, 1.165) is 28.7 Å². The summed E-state index contributed by atoms with van der Waals surface area (Å²) in [5.41, 5.74) is 6.20. The van der Waals surface area contributed by atoms with Crippen LogP contribution in [0.1, 0.15) is 56.4 Å². The third kappa shape index (κ3) is 3.62. The molecule has 0 aliphatic carbocycles. The fourth-order valence-electron chi connectivity index (χ4n) is 3.30. The van der Waals surface area contributed by atoms with Gasteiger partial charge in [-0.25, -0.2) is 0 Å². The summed E-state index contributed by atoms with van der Waals surface area (Å²) in [6, 6.07) is 6.18. The van der Waals surface area contributed by atoms with E-state index in [1.807, 2.05) is 19.2 Å². The first kappa shape index (κ1) is 18.5. The highest BCUT2D eigenvalue weighted by atomic mass is 16.3. The molecule has 24 heavy (non-hydrogen) atoms. The molecule has 0 saturated carbocycles. The average molecular weight is 327 g/mol. The second-order valence-corrected chi connectivity index (χ2v) is 7.64. The van der Waals surface area contributed by atoms with E-state index in [1.54, 1.807) is 4.57 Å². The normalized spacial score (nSPS) is 11.8. The van der Waals surface area contributed by atoms with Gasteiger partial charge >= 0.3 is 0 Å². The van der Waals surface area contributed by atoms with Crippen molar-refractivity contribution in [2.75, 3.05) is 0 Å². The van der Waals surface area contributed by atoms with Gasteiger partial charge in [-0.15, -0.1) is 0 Å². The zero-order chi connectivity index (χ0) is 18.1. The summed E-state index contributed by atoms with van der Waals surface area (Å²) in [7, 11) is 0. The van der Waals surface area contributed by atoms with E-state index in [-0.39, 0.29) is 17.6 Å². The van der Waals surface area contributed by atoms with Crippen molar-refractivity contribution < 1.29 is 5.11 Å². The first-order valence-electron chi connectivity index (χ1n) is 8.65. The molecule has 0 saturated heterocycles. The van der Waals surface area contributed by atoms with Crippen LogP contribution in [0.15, 0.2) is 29.2 Å². The molecule has 0 amide bonds. The van der Waals surface area contributed by atoms with E-state index in [2.05, 4.69) is 46.8 Å². The minimum Gasteiger partial charge on any atom is -0.392 e. The van der Waals surface area contributed by atoms with Crippen molar-refractivity contribution in [3.63, 3.8) is 0 Å². The van der Waals surface area contributed by atoms with Crippen LogP contribution in [0.3, 0.4) is 0 Å². The van der Waals surface area contributed by atoms with Crippen molar-refractivity contribution in [3.05, 3.63) is 57.0 Å². The fraction of sp³-hybridized carbons (Fsp3) is 0.476. The lowest BCUT2D eigenvalue weighted by Crippen LogP contribution is -2.22. The monoisotopic (exact) mass is 327 g/mol. The Kier molecular flexibility index (Phi) is 5.34. The lowest BCUT2D eigenvalue weighted by Gasteiger charge is -2.24. The Morgan fingerprint density at radius 1 is 1.08 bits per heavy atom. The molecule has 0 aliphatic heterocycles. The van der Waals surface area contributed by atoms with Gasteiger partial charge in [0.2, 0.25) is 0 Å². The van der Waals surface area contributed by atoms with Gasteiger partial charge in [0.05, 0.1) is 6.61 Å². The first-order chi connectivity index (χ1) is 11.2. The second kappa shape index (κ2) is 6.94. The van der Waals surface area contributed by atoms with Crippen LogP contribution in [-0.4, -0.2) is 9.67 Å². The number of pyridine rings is 1. The maximum Gasteiger partial charge on any atom is 0.253 e. The van der Waals surface area contributed by atoms with E-state index in [9.17, 15) is 9.90 Å². The number of nitrogens with zero attached hydrogens (tertiary/aromatic N) is 1. The molecule has 0 aliphatic rings. The molecular weight excluding hydrogens is 298 g/mol. The Morgan fingerprint density at radius 3 is 2.29 bits per heavy atom.